The molecule has 15 heavy (non-hydrogen) atoms. The highest BCUT2D eigenvalue weighted by atomic mass is 16.1. The lowest BCUT2D eigenvalue weighted by atomic mass is 10.1. The van der Waals surface area contributed by atoms with Gasteiger partial charge in [0.15, 0.2) is 5.82 Å². The van der Waals surface area contributed by atoms with E-state index in [-0.39, 0.29) is 5.91 Å². The summed E-state index contributed by atoms with van der Waals surface area (Å²) in [6.07, 6.45) is 2.79. The zero-order valence-corrected chi connectivity index (χ0v) is 8.84. The van der Waals surface area contributed by atoms with Crippen LogP contribution in [0.2, 0.25) is 0 Å². The van der Waals surface area contributed by atoms with Crippen LogP contribution in [-0.2, 0) is 4.79 Å². The minimum Gasteiger partial charge on any atom is -0.313 e. The minimum absolute atomic E-state index is 0.0286. The Balaban J connectivity index is 1.81. The third-order valence-corrected chi connectivity index (χ3v) is 2.57. The second kappa shape index (κ2) is 4.44. The Hall–Kier alpha value is -1.36. The van der Waals surface area contributed by atoms with Crippen LogP contribution in [0.3, 0.4) is 0 Å². The van der Waals surface area contributed by atoms with E-state index < -0.39 is 0 Å². The summed E-state index contributed by atoms with van der Waals surface area (Å²) >= 11 is 0. The van der Waals surface area contributed by atoms with E-state index in [9.17, 15) is 4.79 Å². The Morgan fingerprint density at radius 1 is 1.73 bits per heavy atom. The third-order valence-electron chi connectivity index (χ3n) is 2.57. The zero-order valence-electron chi connectivity index (χ0n) is 8.84. The molecule has 2 heterocycles. The maximum absolute atomic E-state index is 11.6. The van der Waals surface area contributed by atoms with Crippen molar-refractivity contribution in [2.24, 2.45) is 0 Å². The molecule has 0 bridgehead atoms. The average molecular weight is 208 g/mol. The van der Waals surface area contributed by atoms with E-state index in [4.69, 9.17) is 0 Å². The van der Waals surface area contributed by atoms with Gasteiger partial charge in [0.25, 0.3) is 0 Å². The highest BCUT2D eigenvalue weighted by molar-refractivity contribution is 5.90. The summed E-state index contributed by atoms with van der Waals surface area (Å²) in [6, 6.07) is 2.16. The monoisotopic (exact) mass is 208 g/mol. The molecule has 1 aliphatic rings. The summed E-state index contributed by atoms with van der Waals surface area (Å²) < 4.78 is 0. The van der Waals surface area contributed by atoms with Crippen LogP contribution in [0.4, 0.5) is 5.82 Å². The standard InChI is InChI=1S/C10H16N4O/c1-7-5-9(14-13-7)12-10(15)6-8-3-2-4-11-8/h5,8,11H,2-4,6H2,1H3,(H2,12,13,14,15). The van der Waals surface area contributed by atoms with Gasteiger partial charge in [0, 0.05) is 24.2 Å². The molecule has 2 rings (SSSR count). The van der Waals surface area contributed by atoms with Crippen LogP contribution >= 0.6 is 0 Å². The number of hydrogen-bond donors (Lipinski definition) is 3. The highest BCUT2D eigenvalue weighted by Crippen LogP contribution is 2.10. The van der Waals surface area contributed by atoms with Crippen LogP contribution in [0, 0.1) is 6.92 Å². The first-order valence-corrected chi connectivity index (χ1v) is 5.29. The van der Waals surface area contributed by atoms with Gasteiger partial charge in [0.1, 0.15) is 0 Å². The van der Waals surface area contributed by atoms with Crippen molar-refractivity contribution in [2.45, 2.75) is 32.2 Å². The van der Waals surface area contributed by atoms with Gasteiger partial charge in [-0.1, -0.05) is 0 Å². The van der Waals surface area contributed by atoms with Crippen molar-refractivity contribution in [3.05, 3.63) is 11.8 Å². The molecule has 1 aromatic heterocycles. The number of aromatic amines is 1. The average Bonchev–Trinajstić information content (AvgIpc) is 2.77. The number of rotatable bonds is 3. The molecule has 1 saturated heterocycles. The lowest BCUT2D eigenvalue weighted by molar-refractivity contribution is -0.116. The van der Waals surface area contributed by atoms with Crippen molar-refractivity contribution >= 4 is 11.7 Å². The topological polar surface area (TPSA) is 69.8 Å². The number of aryl methyl sites for hydroxylation is 1. The fourth-order valence-electron chi connectivity index (χ4n) is 1.83. The Kier molecular flexibility index (Phi) is 3.01. The van der Waals surface area contributed by atoms with Gasteiger partial charge in [0.2, 0.25) is 5.91 Å². The molecule has 1 unspecified atom stereocenters. The van der Waals surface area contributed by atoms with Gasteiger partial charge in [-0.25, -0.2) is 0 Å². The number of carbonyl (C=O) groups excluding carboxylic acids is 1. The minimum atomic E-state index is 0.0286. The van der Waals surface area contributed by atoms with E-state index in [2.05, 4.69) is 20.8 Å². The molecular weight excluding hydrogens is 192 g/mol. The molecule has 3 N–H and O–H groups in total. The molecule has 0 saturated carbocycles. The van der Waals surface area contributed by atoms with Gasteiger partial charge in [-0.2, -0.15) is 5.10 Å². The maximum Gasteiger partial charge on any atom is 0.227 e. The van der Waals surface area contributed by atoms with Crippen LogP contribution in [0.25, 0.3) is 0 Å². The fraction of sp³-hybridized carbons (Fsp3) is 0.600. The number of hydrogen-bond acceptors (Lipinski definition) is 3. The van der Waals surface area contributed by atoms with E-state index in [1.165, 1.54) is 6.42 Å². The highest BCUT2D eigenvalue weighted by Gasteiger charge is 2.17. The molecule has 0 radical (unpaired) electrons. The van der Waals surface area contributed by atoms with Crippen molar-refractivity contribution in [3.8, 4) is 0 Å². The maximum atomic E-state index is 11.6. The number of carbonyl (C=O) groups is 1. The molecule has 0 aromatic carbocycles. The molecule has 1 aromatic rings. The second-order valence-corrected chi connectivity index (χ2v) is 3.98. The Morgan fingerprint density at radius 3 is 3.20 bits per heavy atom. The first-order chi connectivity index (χ1) is 7.24. The number of H-pyrrole nitrogens is 1. The number of nitrogens with one attached hydrogen (secondary N) is 3. The van der Waals surface area contributed by atoms with Crippen LogP contribution in [0.5, 0.6) is 0 Å². The number of nitrogens with zero attached hydrogens (tertiary/aromatic N) is 1. The largest absolute Gasteiger partial charge is 0.313 e. The third kappa shape index (κ3) is 2.79. The van der Waals surface area contributed by atoms with E-state index in [0.29, 0.717) is 18.3 Å². The summed E-state index contributed by atoms with van der Waals surface area (Å²) in [5, 5.41) is 12.8. The molecule has 1 fully saturated rings. The van der Waals surface area contributed by atoms with Crippen molar-refractivity contribution < 1.29 is 4.79 Å². The normalized spacial score (nSPS) is 20.5. The SMILES string of the molecule is Cc1cc(NC(=O)CC2CCCN2)n[nH]1. The van der Waals surface area contributed by atoms with Crippen LogP contribution in [0.1, 0.15) is 25.0 Å². The van der Waals surface area contributed by atoms with Crippen molar-refractivity contribution in [3.63, 3.8) is 0 Å². The van der Waals surface area contributed by atoms with Gasteiger partial charge in [0.05, 0.1) is 0 Å². The molecule has 0 spiro atoms. The molecule has 0 aliphatic carbocycles. The quantitative estimate of drug-likeness (QED) is 0.688. The fourth-order valence-corrected chi connectivity index (χ4v) is 1.83. The summed E-state index contributed by atoms with van der Waals surface area (Å²) in [7, 11) is 0. The van der Waals surface area contributed by atoms with Crippen molar-refractivity contribution in [1.82, 2.24) is 15.5 Å². The van der Waals surface area contributed by atoms with Gasteiger partial charge in [-0.05, 0) is 26.3 Å². The predicted molar refractivity (Wildman–Crippen MR) is 57.6 cm³/mol. The summed E-state index contributed by atoms with van der Waals surface area (Å²) in [5.41, 5.74) is 0.948. The number of anilines is 1. The smallest absolute Gasteiger partial charge is 0.227 e. The Bertz CT molecular complexity index is 341. The molecule has 1 atom stereocenters. The Morgan fingerprint density at radius 2 is 2.60 bits per heavy atom. The molecule has 5 heteroatoms. The first-order valence-electron chi connectivity index (χ1n) is 5.29. The molecule has 5 nitrogen and oxygen atoms in total. The van der Waals surface area contributed by atoms with E-state index >= 15 is 0 Å². The number of amides is 1. The van der Waals surface area contributed by atoms with Gasteiger partial charge >= 0.3 is 0 Å². The van der Waals surface area contributed by atoms with E-state index in [1.807, 2.05) is 13.0 Å². The first kappa shape index (κ1) is 10.2. The van der Waals surface area contributed by atoms with Gasteiger partial charge < -0.3 is 10.6 Å². The second-order valence-electron chi connectivity index (χ2n) is 3.98. The molecule has 1 aliphatic heterocycles. The van der Waals surface area contributed by atoms with Crippen LogP contribution < -0.4 is 10.6 Å². The van der Waals surface area contributed by atoms with Crippen molar-refractivity contribution in [2.75, 3.05) is 11.9 Å². The summed E-state index contributed by atoms with van der Waals surface area (Å²) in [6.45, 7) is 2.93. The summed E-state index contributed by atoms with van der Waals surface area (Å²) in [4.78, 5) is 11.6. The Labute approximate surface area is 88.6 Å². The number of aromatic nitrogens is 2. The zero-order chi connectivity index (χ0) is 10.7. The van der Waals surface area contributed by atoms with Crippen LogP contribution in [0.15, 0.2) is 6.07 Å². The van der Waals surface area contributed by atoms with Crippen molar-refractivity contribution in [1.29, 1.82) is 0 Å². The van der Waals surface area contributed by atoms with Gasteiger partial charge in [-0.3, -0.25) is 9.89 Å². The van der Waals surface area contributed by atoms with E-state index in [0.717, 1.165) is 18.7 Å². The lowest BCUT2D eigenvalue weighted by Gasteiger charge is -2.08. The van der Waals surface area contributed by atoms with Gasteiger partial charge in [-0.15, -0.1) is 0 Å². The molecular formula is C10H16N4O. The predicted octanol–water partition coefficient (Wildman–Crippen LogP) is 0.799. The lowest BCUT2D eigenvalue weighted by Crippen LogP contribution is -2.27. The van der Waals surface area contributed by atoms with E-state index in [1.54, 1.807) is 0 Å². The molecule has 82 valence electrons. The summed E-state index contributed by atoms with van der Waals surface area (Å²) in [5.74, 6) is 0.636. The van der Waals surface area contributed by atoms with Crippen LogP contribution in [-0.4, -0.2) is 28.7 Å². The molecule has 1 amide bonds.